The smallest absolute Gasteiger partial charge is 0.230 e. The quantitative estimate of drug-likeness (QED) is 0.902. The third-order valence-corrected chi connectivity index (χ3v) is 4.44. The van der Waals surface area contributed by atoms with Crippen LogP contribution in [0, 0.1) is 5.92 Å². The minimum Gasteiger partial charge on any atom is -0.367 e. The molecular formula is C14H14Cl2N2O. The molecule has 1 heterocycles. The summed E-state index contributed by atoms with van der Waals surface area (Å²) in [5.41, 5.74) is 8.57. The van der Waals surface area contributed by atoms with E-state index in [0.29, 0.717) is 21.8 Å². The number of anilines is 1. The van der Waals surface area contributed by atoms with E-state index in [4.69, 9.17) is 33.5 Å². The second kappa shape index (κ2) is 5.06. The average molecular weight is 297 g/mol. The number of hydrogen-bond acceptors (Lipinski definition) is 3. The van der Waals surface area contributed by atoms with Gasteiger partial charge in [0.15, 0.2) is 0 Å². The van der Waals surface area contributed by atoms with Crippen LogP contribution in [0.15, 0.2) is 22.7 Å². The Hall–Kier alpha value is -1.19. The third-order valence-electron chi connectivity index (χ3n) is 3.70. The Balaban J connectivity index is 1.97. The first-order valence-electron chi connectivity index (χ1n) is 6.34. The van der Waals surface area contributed by atoms with E-state index in [0.717, 1.165) is 23.2 Å². The van der Waals surface area contributed by atoms with Crippen LogP contribution in [-0.2, 0) is 6.42 Å². The summed E-state index contributed by atoms with van der Waals surface area (Å²) < 4.78 is 5.14. The molecule has 2 aromatic rings. The number of rotatable bonds is 3. The summed E-state index contributed by atoms with van der Waals surface area (Å²) >= 11 is 12.0. The molecule has 2 N–H and O–H groups in total. The molecular weight excluding hydrogens is 283 g/mol. The fourth-order valence-electron chi connectivity index (χ4n) is 2.41. The van der Waals surface area contributed by atoms with E-state index < -0.39 is 0 Å². The van der Waals surface area contributed by atoms with E-state index in [-0.39, 0.29) is 0 Å². The van der Waals surface area contributed by atoms with Crippen molar-refractivity contribution in [1.29, 1.82) is 0 Å². The first-order valence-corrected chi connectivity index (χ1v) is 7.10. The third kappa shape index (κ3) is 2.45. The van der Waals surface area contributed by atoms with E-state index in [9.17, 15) is 0 Å². The zero-order chi connectivity index (χ0) is 13.4. The molecule has 1 aromatic heterocycles. The molecule has 1 aliphatic carbocycles. The monoisotopic (exact) mass is 296 g/mol. The van der Waals surface area contributed by atoms with Crippen LogP contribution in [0.5, 0.6) is 0 Å². The average Bonchev–Trinajstić information content (AvgIpc) is 2.69. The molecule has 0 spiro atoms. The Morgan fingerprint density at radius 3 is 2.68 bits per heavy atom. The van der Waals surface area contributed by atoms with Crippen LogP contribution in [0.1, 0.15) is 25.0 Å². The van der Waals surface area contributed by atoms with Gasteiger partial charge in [0.1, 0.15) is 0 Å². The molecule has 0 atom stereocenters. The van der Waals surface area contributed by atoms with Gasteiger partial charge in [0, 0.05) is 0 Å². The highest BCUT2D eigenvalue weighted by molar-refractivity contribution is 6.42. The van der Waals surface area contributed by atoms with Crippen molar-refractivity contribution in [2.45, 2.75) is 25.7 Å². The molecule has 1 fully saturated rings. The van der Waals surface area contributed by atoms with Gasteiger partial charge in [0.05, 0.1) is 21.3 Å². The van der Waals surface area contributed by atoms with Crippen molar-refractivity contribution in [2.75, 3.05) is 5.73 Å². The van der Waals surface area contributed by atoms with Crippen LogP contribution in [-0.4, -0.2) is 5.16 Å². The van der Waals surface area contributed by atoms with Gasteiger partial charge < -0.3 is 10.3 Å². The molecule has 3 nitrogen and oxygen atoms in total. The highest BCUT2D eigenvalue weighted by Crippen LogP contribution is 2.37. The fourth-order valence-corrected chi connectivity index (χ4v) is 2.71. The molecule has 0 amide bonds. The number of nitrogens with zero attached hydrogens (tertiary/aromatic N) is 1. The summed E-state index contributed by atoms with van der Waals surface area (Å²) in [6, 6.07) is 5.46. The molecule has 0 saturated heterocycles. The van der Waals surface area contributed by atoms with E-state index in [1.165, 1.54) is 19.3 Å². The summed E-state index contributed by atoms with van der Waals surface area (Å²) in [4.78, 5) is 0. The van der Waals surface area contributed by atoms with Gasteiger partial charge >= 0.3 is 0 Å². The maximum absolute atomic E-state index is 6.06. The van der Waals surface area contributed by atoms with Gasteiger partial charge in [-0.15, -0.1) is 0 Å². The van der Waals surface area contributed by atoms with Crippen molar-refractivity contribution in [3.63, 3.8) is 0 Å². The molecule has 0 aliphatic heterocycles. The molecule has 0 bridgehead atoms. The lowest BCUT2D eigenvalue weighted by atomic mass is 9.81. The zero-order valence-corrected chi connectivity index (χ0v) is 11.8. The van der Waals surface area contributed by atoms with Gasteiger partial charge in [-0.05, 0) is 30.0 Å². The molecule has 100 valence electrons. The highest BCUT2D eigenvalue weighted by Gasteiger charge is 2.23. The van der Waals surface area contributed by atoms with Gasteiger partial charge in [-0.2, -0.15) is 0 Å². The van der Waals surface area contributed by atoms with Gasteiger partial charge in [-0.25, -0.2) is 0 Å². The molecule has 3 rings (SSSR count). The Labute approximate surface area is 121 Å². The summed E-state index contributed by atoms with van der Waals surface area (Å²) in [5, 5.41) is 5.13. The summed E-state index contributed by atoms with van der Waals surface area (Å²) in [5.74, 6) is 1.04. The highest BCUT2D eigenvalue weighted by atomic mass is 35.5. The second-order valence-corrected chi connectivity index (χ2v) is 5.81. The van der Waals surface area contributed by atoms with Gasteiger partial charge in [-0.3, -0.25) is 0 Å². The van der Waals surface area contributed by atoms with Gasteiger partial charge in [0.25, 0.3) is 0 Å². The number of nitrogen functional groups attached to an aromatic ring is 1. The predicted octanol–water partition coefficient (Wildman–Crippen LogP) is 4.57. The normalized spacial score (nSPS) is 15.5. The topological polar surface area (TPSA) is 52.0 Å². The number of halogens is 2. The number of aromatic nitrogens is 1. The van der Waals surface area contributed by atoms with Crippen molar-refractivity contribution in [3.05, 3.63) is 33.9 Å². The van der Waals surface area contributed by atoms with Gasteiger partial charge in [-0.1, -0.05) is 53.7 Å². The molecule has 0 radical (unpaired) electrons. The van der Waals surface area contributed by atoms with Crippen molar-refractivity contribution >= 4 is 29.1 Å². The second-order valence-electron chi connectivity index (χ2n) is 5.00. The fraction of sp³-hybridized carbons (Fsp3) is 0.357. The number of nitrogens with two attached hydrogens (primary N) is 1. The van der Waals surface area contributed by atoms with Crippen molar-refractivity contribution in [2.24, 2.45) is 5.92 Å². The summed E-state index contributed by atoms with van der Waals surface area (Å²) in [6.45, 7) is 0. The Kier molecular flexibility index (Phi) is 3.42. The largest absolute Gasteiger partial charge is 0.367 e. The summed E-state index contributed by atoms with van der Waals surface area (Å²) in [6.07, 6.45) is 4.73. The number of benzene rings is 1. The molecule has 1 aromatic carbocycles. The zero-order valence-electron chi connectivity index (χ0n) is 10.3. The first kappa shape index (κ1) is 12.8. The molecule has 1 saturated carbocycles. The van der Waals surface area contributed by atoms with Crippen LogP contribution in [0.25, 0.3) is 11.1 Å². The van der Waals surface area contributed by atoms with Crippen LogP contribution < -0.4 is 5.73 Å². The molecule has 5 heteroatoms. The van der Waals surface area contributed by atoms with E-state index in [1.54, 1.807) is 12.1 Å². The van der Waals surface area contributed by atoms with Crippen molar-refractivity contribution in [3.8, 4) is 11.1 Å². The Bertz CT molecular complexity index is 605. The minimum atomic E-state index is 0.340. The predicted molar refractivity (Wildman–Crippen MR) is 77.4 cm³/mol. The Morgan fingerprint density at radius 1 is 1.26 bits per heavy atom. The van der Waals surface area contributed by atoms with Crippen LogP contribution >= 0.6 is 23.2 Å². The molecule has 19 heavy (non-hydrogen) atoms. The lowest BCUT2D eigenvalue weighted by Gasteiger charge is -2.24. The van der Waals surface area contributed by atoms with Crippen LogP contribution in [0.2, 0.25) is 10.0 Å². The van der Waals surface area contributed by atoms with Crippen molar-refractivity contribution in [1.82, 2.24) is 5.16 Å². The van der Waals surface area contributed by atoms with Crippen LogP contribution in [0.3, 0.4) is 0 Å². The minimum absolute atomic E-state index is 0.340. The van der Waals surface area contributed by atoms with Crippen molar-refractivity contribution < 1.29 is 4.52 Å². The van der Waals surface area contributed by atoms with E-state index >= 15 is 0 Å². The lowest BCUT2D eigenvalue weighted by molar-refractivity contribution is 0.306. The first-order chi connectivity index (χ1) is 9.15. The maximum atomic E-state index is 6.06. The number of hydrogen-bond donors (Lipinski definition) is 1. The standard InChI is InChI=1S/C14H14Cl2N2O/c15-10-5-4-9(7-11(10)16)13-12(18-19-14(13)17)6-8-2-1-3-8/h4-5,7-8H,1-3,6,17H2. The maximum Gasteiger partial charge on any atom is 0.230 e. The van der Waals surface area contributed by atoms with E-state index in [1.807, 2.05) is 6.07 Å². The molecule has 0 unspecified atom stereocenters. The molecule has 1 aliphatic rings. The van der Waals surface area contributed by atoms with Gasteiger partial charge in [0.2, 0.25) is 5.88 Å². The Morgan fingerprint density at radius 2 is 2.05 bits per heavy atom. The van der Waals surface area contributed by atoms with E-state index in [2.05, 4.69) is 5.16 Å². The summed E-state index contributed by atoms with van der Waals surface area (Å²) in [7, 11) is 0. The van der Waals surface area contributed by atoms with Crippen LogP contribution in [0.4, 0.5) is 5.88 Å². The lowest BCUT2D eigenvalue weighted by Crippen LogP contribution is -2.14. The SMILES string of the molecule is Nc1onc(CC2CCC2)c1-c1ccc(Cl)c(Cl)c1.